The molecule has 2 rings (SSSR count). The normalized spacial score (nSPS) is 16.1. The fraction of sp³-hybridized carbons (Fsp3) is 0.400. The van der Waals surface area contributed by atoms with Gasteiger partial charge in [0.15, 0.2) is 4.90 Å². The fourth-order valence-corrected chi connectivity index (χ4v) is 4.08. The number of rotatable bonds is 6. The first-order valence-electron chi connectivity index (χ1n) is 7.52. The minimum Gasteiger partial charge on any atom is -0.344 e. The summed E-state index contributed by atoms with van der Waals surface area (Å²) >= 11 is 0. The predicted molar refractivity (Wildman–Crippen MR) is 90.1 cm³/mol. The Kier molecular flexibility index (Phi) is 6.08. The van der Waals surface area contributed by atoms with Crippen molar-refractivity contribution >= 4 is 21.6 Å². The number of carbonyl (C=O) groups excluding carboxylic acids is 1. The molecule has 25 heavy (non-hydrogen) atoms. The number of nitro groups is 1. The van der Waals surface area contributed by atoms with E-state index < -0.39 is 20.6 Å². The molecule has 0 aliphatic carbocycles. The maximum absolute atomic E-state index is 12.7. The Hall–Kier alpha value is -2.48. The second-order valence-corrected chi connectivity index (χ2v) is 7.29. The summed E-state index contributed by atoms with van der Waals surface area (Å²) in [6, 6.07) is 5.27. The molecule has 1 aliphatic heterocycles. The molecule has 10 heteroatoms. The van der Waals surface area contributed by atoms with E-state index in [-0.39, 0.29) is 37.0 Å². The highest BCUT2D eigenvalue weighted by Gasteiger charge is 2.33. The van der Waals surface area contributed by atoms with Crippen molar-refractivity contribution < 1.29 is 18.1 Å². The molecule has 0 atom stereocenters. The summed E-state index contributed by atoms with van der Waals surface area (Å²) in [5.74, 6) is 2.07. The van der Waals surface area contributed by atoms with E-state index in [4.69, 9.17) is 6.42 Å². The number of nitro benzene ring substituents is 1. The highest BCUT2D eigenvalue weighted by atomic mass is 32.2. The van der Waals surface area contributed by atoms with E-state index in [0.717, 1.165) is 0 Å². The lowest BCUT2D eigenvalue weighted by Gasteiger charge is -2.33. The Morgan fingerprint density at radius 2 is 1.92 bits per heavy atom. The van der Waals surface area contributed by atoms with Gasteiger partial charge < -0.3 is 5.32 Å². The first kappa shape index (κ1) is 18.9. The molecule has 1 amide bonds. The molecule has 1 aliphatic rings. The molecule has 1 fully saturated rings. The van der Waals surface area contributed by atoms with E-state index in [1.54, 1.807) is 4.90 Å². The Bertz CT molecular complexity index is 794. The van der Waals surface area contributed by atoms with Crippen LogP contribution in [0.15, 0.2) is 29.2 Å². The van der Waals surface area contributed by atoms with Crippen LogP contribution >= 0.6 is 0 Å². The van der Waals surface area contributed by atoms with Gasteiger partial charge in [0.25, 0.3) is 5.69 Å². The van der Waals surface area contributed by atoms with E-state index in [0.29, 0.717) is 13.1 Å². The number of sulfonamides is 1. The van der Waals surface area contributed by atoms with Crippen molar-refractivity contribution in [2.45, 2.75) is 4.90 Å². The number of piperazine rings is 1. The topological polar surface area (TPSA) is 113 Å². The fourth-order valence-electron chi connectivity index (χ4n) is 2.50. The van der Waals surface area contributed by atoms with Crippen molar-refractivity contribution in [3.8, 4) is 12.3 Å². The second-order valence-electron chi connectivity index (χ2n) is 5.39. The largest absolute Gasteiger partial charge is 0.344 e. The number of benzene rings is 1. The summed E-state index contributed by atoms with van der Waals surface area (Å²) in [5, 5.41) is 13.6. The zero-order valence-electron chi connectivity index (χ0n) is 13.4. The Morgan fingerprint density at radius 1 is 1.28 bits per heavy atom. The summed E-state index contributed by atoms with van der Waals surface area (Å²) in [4.78, 5) is 23.5. The molecule has 0 spiro atoms. The lowest BCUT2D eigenvalue weighted by molar-refractivity contribution is -0.387. The van der Waals surface area contributed by atoms with Crippen molar-refractivity contribution in [3.05, 3.63) is 34.4 Å². The molecule has 0 aromatic heterocycles. The monoisotopic (exact) mass is 366 g/mol. The van der Waals surface area contributed by atoms with Crippen LogP contribution in [0, 0.1) is 22.5 Å². The summed E-state index contributed by atoms with van der Waals surface area (Å²) in [7, 11) is -3.97. The number of carbonyl (C=O) groups is 1. The van der Waals surface area contributed by atoms with Gasteiger partial charge in [0.05, 0.1) is 18.0 Å². The van der Waals surface area contributed by atoms with E-state index in [2.05, 4.69) is 11.2 Å². The summed E-state index contributed by atoms with van der Waals surface area (Å²) in [5.41, 5.74) is -0.446. The third-order valence-electron chi connectivity index (χ3n) is 3.77. The first-order valence-corrected chi connectivity index (χ1v) is 8.96. The zero-order valence-corrected chi connectivity index (χ0v) is 14.2. The minimum atomic E-state index is -3.97. The number of nitrogens with zero attached hydrogens (tertiary/aromatic N) is 3. The molecule has 0 unspecified atom stereocenters. The maximum atomic E-state index is 12.7. The molecule has 0 radical (unpaired) electrons. The number of nitrogens with one attached hydrogen (secondary N) is 1. The number of para-hydroxylation sites is 1. The van der Waals surface area contributed by atoms with Gasteiger partial charge in [0, 0.05) is 32.2 Å². The van der Waals surface area contributed by atoms with Crippen LogP contribution in [0.5, 0.6) is 0 Å². The highest BCUT2D eigenvalue weighted by Crippen LogP contribution is 2.26. The number of terminal acetylenes is 1. The Morgan fingerprint density at radius 3 is 2.52 bits per heavy atom. The van der Waals surface area contributed by atoms with E-state index in [9.17, 15) is 23.3 Å². The lowest BCUT2D eigenvalue weighted by Crippen LogP contribution is -2.51. The van der Waals surface area contributed by atoms with Gasteiger partial charge in [-0.3, -0.25) is 19.8 Å². The average Bonchev–Trinajstić information content (AvgIpc) is 2.60. The lowest BCUT2D eigenvalue weighted by atomic mass is 10.3. The first-order chi connectivity index (χ1) is 11.9. The van der Waals surface area contributed by atoms with Crippen molar-refractivity contribution in [1.29, 1.82) is 0 Å². The van der Waals surface area contributed by atoms with Crippen LogP contribution in [-0.2, 0) is 14.8 Å². The third-order valence-corrected chi connectivity index (χ3v) is 5.71. The van der Waals surface area contributed by atoms with Crippen molar-refractivity contribution in [2.75, 3.05) is 39.3 Å². The Labute approximate surface area is 145 Å². The maximum Gasteiger partial charge on any atom is 0.289 e. The summed E-state index contributed by atoms with van der Waals surface area (Å²) in [6.07, 6.45) is 5.07. The summed E-state index contributed by atoms with van der Waals surface area (Å²) < 4.78 is 26.6. The van der Waals surface area contributed by atoms with E-state index in [1.165, 1.54) is 28.6 Å². The van der Waals surface area contributed by atoms with Crippen LogP contribution < -0.4 is 5.32 Å². The summed E-state index contributed by atoms with van der Waals surface area (Å²) in [6.45, 7) is 1.27. The van der Waals surface area contributed by atoms with Gasteiger partial charge in [-0.25, -0.2) is 8.42 Å². The number of amides is 1. The molecule has 1 aromatic carbocycles. The predicted octanol–water partition coefficient (Wildman–Crippen LogP) is -0.349. The molecule has 0 saturated carbocycles. The van der Waals surface area contributed by atoms with Crippen LogP contribution in [0.4, 0.5) is 5.69 Å². The van der Waals surface area contributed by atoms with Crippen LogP contribution in [0.2, 0.25) is 0 Å². The number of hydrogen-bond acceptors (Lipinski definition) is 6. The molecule has 1 heterocycles. The van der Waals surface area contributed by atoms with Crippen LogP contribution in [0.1, 0.15) is 0 Å². The molecular weight excluding hydrogens is 348 g/mol. The second kappa shape index (κ2) is 8.06. The van der Waals surface area contributed by atoms with E-state index >= 15 is 0 Å². The smallest absolute Gasteiger partial charge is 0.289 e. The van der Waals surface area contributed by atoms with Gasteiger partial charge in [0.1, 0.15) is 0 Å². The van der Waals surface area contributed by atoms with Crippen molar-refractivity contribution in [1.82, 2.24) is 14.5 Å². The zero-order chi connectivity index (χ0) is 18.4. The highest BCUT2D eigenvalue weighted by molar-refractivity contribution is 7.89. The molecular formula is C15H18N4O5S. The standard InChI is InChI=1S/C15H18N4O5S/c1-2-7-16-15(20)12-17-8-10-18(11-9-17)25(23,24)14-6-4-3-5-13(14)19(21)22/h1,3-6H,7-12H2,(H,16,20). The van der Waals surface area contributed by atoms with Gasteiger partial charge in [-0.1, -0.05) is 18.1 Å². The molecule has 0 bridgehead atoms. The van der Waals surface area contributed by atoms with Gasteiger partial charge in [-0.2, -0.15) is 4.31 Å². The van der Waals surface area contributed by atoms with Crippen LogP contribution in [0.25, 0.3) is 0 Å². The molecule has 134 valence electrons. The molecule has 9 nitrogen and oxygen atoms in total. The van der Waals surface area contributed by atoms with Crippen LogP contribution in [0.3, 0.4) is 0 Å². The van der Waals surface area contributed by atoms with Gasteiger partial charge >= 0.3 is 0 Å². The van der Waals surface area contributed by atoms with Crippen LogP contribution in [-0.4, -0.2) is 67.7 Å². The average molecular weight is 366 g/mol. The Balaban J connectivity index is 2.04. The third kappa shape index (κ3) is 4.54. The van der Waals surface area contributed by atoms with Crippen molar-refractivity contribution in [2.24, 2.45) is 0 Å². The van der Waals surface area contributed by atoms with Gasteiger partial charge in [0.2, 0.25) is 15.9 Å². The molecule has 1 aromatic rings. The van der Waals surface area contributed by atoms with Crippen molar-refractivity contribution in [3.63, 3.8) is 0 Å². The van der Waals surface area contributed by atoms with Gasteiger partial charge in [-0.05, 0) is 6.07 Å². The number of hydrogen-bond donors (Lipinski definition) is 1. The minimum absolute atomic E-state index is 0.126. The molecule has 1 saturated heterocycles. The quantitative estimate of drug-likeness (QED) is 0.418. The SMILES string of the molecule is C#CCNC(=O)CN1CCN(S(=O)(=O)c2ccccc2[N+](=O)[O-])CC1. The van der Waals surface area contributed by atoms with E-state index in [1.807, 2.05) is 0 Å². The van der Waals surface area contributed by atoms with Gasteiger partial charge in [-0.15, -0.1) is 6.42 Å². The molecule has 1 N–H and O–H groups in total.